The van der Waals surface area contributed by atoms with E-state index >= 15 is 0 Å². The minimum Gasteiger partial charge on any atom is -0.493 e. The normalized spacial score (nSPS) is 13.9. The fourth-order valence-electron chi connectivity index (χ4n) is 3.50. The number of carbonyl (C=O) groups excluding carboxylic acids is 1. The van der Waals surface area contributed by atoms with Crippen molar-refractivity contribution in [2.45, 2.75) is 25.8 Å². The van der Waals surface area contributed by atoms with Gasteiger partial charge in [-0.15, -0.1) is 0 Å². The van der Waals surface area contributed by atoms with Gasteiger partial charge in [0.25, 0.3) is 0 Å². The number of benzene rings is 2. The van der Waals surface area contributed by atoms with Crippen LogP contribution < -0.4 is 20.1 Å². The van der Waals surface area contributed by atoms with Crippen LogP contribution in [0, 0.1) is 5.92 Å². The van der Waals surface area contributed by atoms with Crippen LogP contribution in [0.4, 0.5) is 4.79 Å². The monoisotopic (exact) mass is 458 g/mol. The zero-order valence-electron chi connectivity index (χ0n) is 19.1. The summed E-state index contributed by atoms with van der Waals surface area (Å²) in [5.74, 6) is 3.10. The predicted molar refractivity (Wildman–Crippen MR) is 128 cm³/mol. The van der Waals surface area contributed by atoms with E-state index < -0.39 is 0 Å². The molecular formula is C26H26N4O4. The van der Waals surface area contributed by atoms with E-state index in [-0.39, 0.29) is 12.1 Å². The van der Waals surface area contributed by atoms with E-state index in [9.17, 15) is 4.79 Å². The summed E-state index contributed by atoms with van der Waals surface area (Å²) >= 11 is 0. The number of aromatic nitrogens is 2. The summed E-state index contributed by atoms with van der Waals surface area (Å²) in [5.41, 5.74) is 3.03. The van der Waals surface area contributed by atoms with Crippen LogP contribution in [0.5, 0.6) is 17.4 Å². The van der Waals surface area contributed by atoms with Crippen molar-refractivity contribution in [1.82, 2.24) is 20.6 Å². The zero-order chi connectivity index (χ0) is 23.5. The first kappa shape index (κ1) is 21.8. The minimum absolute atomic E-state index is 0.173. The molecule has 174 valence electrons. The third kappa shape index (κ3) is 5.11. The summed E-state index contributed by atoms with van der Waals surface area (Å²) in [7, 11) is 1.58. The van der Waals surface area contributed by atoms with E-state index in [2.05, 4.69) is 20.6 Å². The molecule has 0 saturated heterocycles. The number of amides is 2. The summed E-state index contributed by atoms with van der Waals surface area (Å²) in [6.45, 7) is 2.66. The van der Waals surface area contributed by atoms with E-state index in [4.69, 9.17) is 13.9 Å². The number of urea groups is 1. The molecule has 8 heteroatoms. The second kappa shape index (κ2) is 9.43. The largest absolute Gasteiger partial charge is 0.493 e. The van der Waals surface area contributed by atoms with Crippen molar-refractivity contribution < 1.29 is 18.7 Å². The Balaban J connectivity index is 1.27. The molecule has 2 N–H and O–H groups in total. The van der Waals surface area contributed by atoms with Crippen LogP contribution in [0.15, 0.2) is 65.2 Å². The highest BCUT2D eigenvalue weighted by Crippen LogP contribution is 2.31. The molecule has 2 amide bonds. The number of hydrogen-bond donors (Lipinski definition) is 2. The molecule has 1 unspecified atom stereocenters. The molecule has 34 heavy (non-hydrogen) atoms. The number of rotatable bonds is 8. The summed E-state index contributed by atoms with van der Waals surface area (Å²) in [6.07, 6.45) is 4.17. The molecule has 1 saturated carbocycles. The molecule has 1 fully saturated rings. The van der Waals surface area contributed by atoms with Crippen LogP contribution in [0.2, 0.25) is 0 Å². The standard InChI is InChI=1S/C26H26N4O4/c1-16(29-26(31)27-2)18-8-10-22-23(12-18)34-25(30-22)19-9-11-24(28-14-19)33-21-5-3-4-20(13-21)32-15-17-6-7-17/h3-5,8-14,16-17H,6-7,15H2,1-2H3,(H2,27,29,31). The molecule has 0 bridgehead atoms. The molecule has 0 spiro atoms. The Hall–Kier alpha value is -4.07. The first-order valence-corrected chi connectivity index (χ1v) is 11.3. The van der Waals surface area contributed by atoms with Gasteiger partial charge in [0.2, 0.25) is 11.8 Å². The van der Waals surface area contributed by atoms with E-state index in [1.165, 1.54) is 12.8 Å². The average Bonchev–Trinajstić information content (AvgIpc) is 3.59. The fourth-order valence-corrected chi connectivity index (χ4v) is 3.50. The van der Waals surface area contributed by atoms with Gasteiger partial charge in [0, 0.05) is 25.4 Å². The van der Waals surface area contributed by atoms with Crippen LogP contribution in [-0.2, 0) is 0 Å². The Morgan fingerprint density at radius 2 is 2.00 bits per heavy atom. The maximum Gasteiger partial charge on any atom is 0.315 e. The lowest BCUT2D eigenvalue weighted by Gasteiger charge is -2.13. The lowest BCUT2D eigenvalue weighted by Crippen LogP contribution is -2.34. The number of carbonyl (C=O) groups is 1. The topological polar surface area (TPSA) is 98.5 Å². The van der Waals surface area contributed by atoms with Gasteiger partial charge in [-0.1, -0.05) is 12.1 Å². The third-order valence-corrected chi connectivity index (χ3v) is 5.68. The minimum atomic E-state index is -0.239. The smallest absolute Gasteiger partial charge is 0.315 e. The first-order chi connectivity index (χ1) is 16.6. The lowest BCUT2D eigenvalue weighted by molar-refractivity contribution is 0.240. The predicted octanol–water partition coefficient (Wildman–Crippen LogP) is 5.46. The third-order valence-electron chi connectivity index (χ3n) is 5.68. The number of ether oxygens (including phenoxy) is 2. The summed E-state index contributed by atoms with van der Waals surface area (Å²) in [6, 6.07) is 16.5. The molecular weight excluding hydrogens is 432 g/mol. The maximum atomic E-state index is 11.6. The van der Waals surface area contributed by atoms with Gasteiger partial charge in [0.15, 0.2) is 5.58 Å². The Labute approximate surface area is 197 Å². The van der Waals surface area contributed by atoms with Gasteiger partial charge in [-0.2, -0.15) is 0 Å². The number of fused-ring (bicyclic) bond motifs is 1. The highest BCUT2D eigenvalue weighted by Gasteiger charge is 2.22. The molecule has 2 heterocycles. The summed E-state index contributed by atoms with van der Waals surface area (Å²) < 4.78 is 17.7. The van der Waals surface area contributed by atoms with Crippen molar-refractivity contribution >= 4 is 17.1 Å². The molecule has 0 radical (unpaired) electrons. The Morgan fingerprint density at radius 3 is 2.76 bits per heavy atom. The summed E-state index contributed by atoms with van der Waals surface area (Å²) in [4.78, 5) is 20.5. The van der Waals surface area contributed by atoms with E-state index in [0.29, 0.717) is 29.0 Å². The van der Waals surface area contributed by atoms with Gasteiger partial charge in [-0.05, 0) is 61.6 Å². The van der Waals surface area contributed by atoms with Crippen LogP contribution in [-0.4, -0.2) is 29.7 Å². The number of oxazole rings is 1. The fraction of sp³-hybridized carbons (Fsp3) is 0.269. The molecule has 2 aromatic heterocycles. The molecule has 1 aliphatic rings. The number of pyridine rings is 1. The maximum absolute atomic E-state index is 11.6. The molecule has 8 nitrogen and oxygen atoms in total. The van der Waals surface area contributed by atoms with Crippen molar-refractivity contribution in [1.29, 1.82) is 0 Å². The van der Waals surface area contributed by atoms with Gasteiger partial charge in [0.05, 0.1) is 18.2 Å². The Bertz CT molecular complexity index is 1300. The van der Waals surface area contributed by atoms with Crippen molar-refractivity contribution in [3.05, 3.63) is 66.4 Å². The highest BCUT2D eigenvalue weighted by atomic mass is 16.5. The van der Waals surface area contributed by atoms with Crippen LogP contribution >= 0.6 is 0 Å². The Morgan fingerprint density at radius 1 is 1.15 bits per heavy atom. The first-order valence-electron chi connectivity index (χ1n) is 11.3. The molecule has 0 aliphatic heterocycles. The number of hydrogen-bond acceptors (Lipinski definition) is 6. The van der Waals surface area contributed by atoms with Gasteiger partial charge < -0.3 is 24.5 Å². The van der Waals surface area contributed by atoms with Crippen molar-refractivity contribution in [2.75, 3.05) is 13.7 Å². The van der Waals surface area contributed by atoms with Crippen LogP contribution in [0.3, 0.4) is 0 Å². The van der Waals surface area contributed by atoms with Crippen LogP contribution in [0.25, 0.3) is 22.6 Å². The molecule has 2 aromatic carbocycles. The number of nitrogens with one attached hydrogen (secondary N) is 2. The van der Waals surface area contributed by atoms with Gasteiger partial charge >= 0.3 is 6.03 Å². The Kier molecular flexibility index (Phi) is 6.03. The van der Waals surface area contributed by atoms with E-state index in [1.54, 1.807) is 19.3 Å². The quantitative estimate of drug-likeness (QED) is 0.364. The molecule has 4 aromatic rings. The molecule has 5 rings (SSSR count). The molecule has 1 atom stereocenters. The van der Waals surface area contributed by atoms with Crippen molar-refractivity contribution in [2.24, 2.45) is 5.92 Å². The van der Waals surface area contributed by atoms with Gasteiger partial charge in [-0.25, -0.2) is 14.8 Å². The van der Waals surface area contributed by atoms with Crippen molar-refractivity contribution in [3.8, 4) is 28.8 Å². The van der Waals surface area contributed by atoms with Gasteiger partial charge in [-0.3, -0.25) is 0 Å². The van der Waals surface area contributed by atoms with E-state index in [0.717, 1.165) is 29.0 Å². The molecule has 1 aliphatic carbocycles. The van der Waals surface area contributed by atoms with Crippen molar-refractivity contribution in [3.63, 3.8) is 0 Å². The van der Waals surface area contributed by atoms with Crippen LogP contribution in [0.1, 0.15) is 31.4 Å². The van der Waals surface area contributed by atoms with E-state index in [1.807, 2.05) is 55.5 Å². The SMILES string of the molecule is CNC(=O)NC(C)c1ccc2nc(-c3ccc(Oc4cccc(OCC5CC5)c4)nc3)oc2c1. The highest BCUT2D eigenvalue weighted by molar-refractivity contribution is 5.78. The summed E-state index contributed by atoms with van der Waals surface area (Å²) in [5, 5.41) is 5.40. The van der Waals surface area contributed by atoms with Gasteiger partial charge in [0.1, 0.15) is 17.0 Å². The number of nitrogens with zero attached hydrogens (tertiary/aromatic N) is 2. The average molecular weight is 459 g/mol. The second-order valence-electron chi connectivity index (χ2n) is 8.41. The second-order valence-corrected chi connectivity index (χ2v) is 8.41. The zero-order valence-corrected chi connectivity index (χ0v) is 19.1. The lowest BCUT2D eigenvalue weighted by atomic mass is 10.1.